The Bertz CT molecular complexity index is 287. The van der Waals surface area contributed by atoms with Gasteiger partial charge in [0.25, 0.3) is 0 Å². The van der Waals surface area contributed by atoms with Crippen LogP contribution in [0.4, 0.5) is 0 Å². The highest BCUT2D eigenvalue weighted by atomic mass is 16.5. The molecule has 124 valence electrons. The van der Waals surface area contributed by atoms with Gasteiger partial charge in [-0.3, -0.25) is 4.79 Å². The van der Waals surface area contributed by atoms with E-state index < -0.39 is 6.10 Å². The minimum Gasteiger partial charge on any atom is -0.389 e. The molecule has 1 amide bonds. The van der Waals surface area contributed by atoms with E-state index in [1.54, 1.807) is 0 Å². The summed E-state index contributed by atoms with van der Waals surface area (Å²) in [4.78, 5) is 11.4. The Morgan fingerprint density at radius 1 is 1.33 bits per heavy atom. The van der Waals surface area contributed by atoms with Gasteiger partial charge in [0, 0.05) is 26.1 Å². The third-order valence-electron chi connectivity index (χ3n) is 4.02. The maximum Gasteiger partial charge on any atom is 0.221 e. The molecule has 3 unspecified atom stereocenters. The molecule has 1 aliphatic carbocycles. The maximum atomic E-state index is 11.4. The quantitative estimate of drug-likeness (QED) is 0.534. The Morgan fingerprint density at radius 3 is 2.81 bits per heavy atom. The summed E-state index contributed by atoms with van der Waals surface area (Å²) in [6.45, 7) is 6.43. The molecule has 3 N–H and O–H groups in total. The lowest BCUT2D eigenvalue weighted by atomic mass is 9.88. The van der Waals surface area contributed by atoms with Crippen molar-refractivity contribution in [2.24, 2.45) is 5.92 Å². The summed E-state index contributed by atoms with van der Waals surface area (Å²) in [5, 5.41) is 15.8. The first-order valence-corrected chi connectivity index (χ1v) is 8.40. The summed E-state index contributed by atoms with van der Waals surface area (Å²) in [6, 6.07) is 0. The second-order valence-corrected chi connectivity index (χ2v) is 6.09. The molecule has 0 aromatic carbocycles. The van der Waals surface area contributed by atoms with Gasteiger partial charge in [0.2, 0.25) is 5.91 Å². The van der Waals surface area contributed by atoms with Crippen molar-refractivity contribution in [3.8, 4) is 0 Å². The topological polar surface area (TPSA) is 70.6 Å². The van der Waals surface area contributed by atoms with E-state index in [1.165, 1.54) is 19.3 Å². The Labute approximate surface area is 128 Å². The Kier molecular flexibility index (Phi) is 9.63. The highest BCUT2D eigenvalue weighted by molar-refractivity contribution is 5.75. The molecular formula is C16H32N2O3. The van der Waals surface area contributed by atoms with Gasteiger partial charge < -0.3 is 20.5 Å². The predicted octanol–water partition coefficient (Wildman–Crippen LogP) is 1.45. The van der Waals surface area contributed by atoms with Gasteiger partial charge in [-0.25, -0.2) is 0 Å². The van der Waals surface area contributed by atoms with Crippen LogP contribution in [0.3, 0.4) is 0 Å². The molecule has 1 rings (SSSR count). The molecule has 0 heterocycles. The van der Waals surface area contributed by atoms with E-state index in [1.807, 2.05) is 6.92 Å². The fourth-order valence-electron chi connectivity index (χ4n) is 2.65. The number of carbonyl (C=O) groups excluding carboxylic acids is 1. The lowest BCUT2D eigenvalue weighted by Gasteiger charge is -2.29. The molecule has 0 aliphatic heterocycles. The van der Waals surface area contributed by atoms with Gasteiger partial charge in [-0.1, -0.05) is 26.7 Å². The summed E-state index contributed by atoms with van der Waals surface area (Å²) < 4.78 is 5.82. The van der Waals surface area contributed by atoms with E-state index in [2.05, 4.69) is 17.6 Å². The highest BCUT2D eigenvalue weighted by Crippen LogP contribution is 2.26. The maximum absolute atomic E-state index is 11.4. The van der Waals surface area contributed by atoms with Crippen LogP contribution in [0.25, 0.3) is 0 Å². The minimum absolute atomic E-state index is 0.0612. The summed E-state index contributed by atoms with van der Waals surface area (Å²) in [6.07, 6.45) is 6.07. The zero-order valence-corrected chi connectivity index (χ0v) is 13.6. The summed E-state index contributed by atoms with van der Waals surface area (Å²) >= 11 is 0. The molecule has 0 saturated heterocycles. The van der Waals surface area contributed by atoms with E-state index >= 15 is 0 Å². The second-order valence-electron chi connectivity index (χ2n) is 6.09. The Hall–Kier alpha value is -0.650. The largest absolute Gasteiger partial charge is 0.389 e. The highest BCUT2D eigenvalue weighted by Gasteiger charge is 2.22. The van der Waals surface area contributed by atoms with Gasteiger partial charge in [-0.05, 0) is 25.2 Å². The first-order chi connectivity index (χ1) is 10.1. The molecule has 1 saturated carbocycles. The Morgan fingerprint density at radius 2 is 2.10 bits per heavy atom. The minimum atomic E-state index is -0.502. The molecule has 0 spiro atoms. The number of nitrogens with one attached hydrogen (secondary N) is 2. The molecule has 0 aromatic heterocycles. The molecule has 1 fully saturated rings. The number of carbonyl (C=O) groups is 1. The Balaban J connectivity index is 2.00. The number of aliphatic hydroxyl groups excluding tert-OH is 1. The summed E-state index contributed by atoms with van der Waals surface area (Å²) in [7, 11) is 0. The van der Waals surface area contributed by atoms with Crippen molar-refractivity contribution >= 4 is 5.91 Å². The number of amides is 1. The van der Waals surface area contributed by atoms with E-state index in [4.69, 9.17) is 4.74 Å². The third-order valence-corrected chi connectivity index (χ3v) is 4.02. The van der Waals surface area contributed by atoms with Crippen molar-refractivity contribution < 1.29 is 14.6 Å². The van der Waals surface area contributed by atoms with Crippen molar-refractivity contribution in [2.45, 2.75) is 64.6 Å². The lowest BCUT2D eigenvalue weighted by molar-refractivity contribution is -0.121. The van der Waals surface area contributed by atoms with E-state index in [-0.39, 0.29) is 5.91 Å². The number of ether oxygens (including phenoxy) is 1. The fourth-order valence-corrected chi connectivity index (χ4v) is 2.65. The monoisotopic (exact) mass is 300 g/mol. The van der Waals surface area contributed by atoms with Crippen LogP contribution in [0.1, 0.15) is 52.4 Å². The number of hydrogen-bond acceptors (Lipinski definition) is 4. The standard InChI is InChI=1S/C16H32N2O3/c1-3-9-18-16(20)8-10-17-11-14(19)12-21-15-7-5-4-6-13(15)2/h13-15,17,19H,3-12H2,1-2H3,(H,18,20). The number of aliphatic hydroxyl groups is 1. The van der Waals surface area contributed by atoms with E-state index in [9.17, 15) is 9.90 Å². The molecule has 3 atom stereocenters. The SMILES string of the molecule is CCCNC(=O)CCNCC(O)COC1CCCCC1C. The average molecular weight is 300 g/mol. The van der Waals surface area contributed by atoms with Crippen LogP contribution in [0.2, 0.25) is 0 Å². The van der Waals surface area contributed by atoms with Crippen LogP contribution >= 0.6 is 0 Å². The van der Waals surface area contributed by atoms with Gasteiger partial charge in [0.15, 0.2) is 0 Å². The zero-order chi connectivity index (χ0) is 15.5. The van der Waals surface area contributed by atoms with E-state index in [0.29, 0.717) is 38.1 Å². The van der Waals surface area contributed by atoms with Crippen LogP contribution in [0.15, 0.2) is 0 Å². The van der Waals surface area contributed by atoms with Crippen LogP contribution in [-0.4, -0.2) is 49.5 Å². The van der Waals surface area contributed by atoms with Crippen LogP contribution in [0.5, 0.6) is 0 Å². The molecule has 0 radical (unpaired) electrons. The summed E-state index contributed by atoms with van der Waals surface area (Å²) in [5.74, 6) is 0.660. The normalized spacial score (nSPS) is 23.8. The van der Waals surface area contributed by atoms with Crippen LogP contribution < -0.4 is 10.6 Å². The van der Waals surface area contributed by atoms with E-state index in [0.717, 1.165) is 19.4 Å². The second kappa shape index (κ2) is 11.0. The number of rotatable bonds is 10. The van der Waals surface area contributed by atoms with Crippen LogP contribution in [0, 0.1) is 5.92 Å². The van der Waals surface area contributed by atoms with Gasteiger partial charge in [0.05, 0.1) is 18.8 Å². The van der Waals surface area contributed by atoms with Crippen LogP contribution in [-0.2, 0) is 9.53 Å². The third kappa shape index (κ3) is 8.39. The van der Waals surface area contributed by atoms with Crippen molar-refractivity contribution in [2.75, 3.05) is 26.2 Å². The first-order valence-electron chi connectivity index (χ1n) is 8.40. The molecule has 0 bridgehead atoms. The lowest BCUT2D eigenvalue weighted by Crippen LogP contribution is -2.36. The van der Waals surface area contributed by atoms with Gasteiger partial charge in [-0.2, -0.15) is 0 Å². The molecule has 0 aromatic rings. The molecule has 1 aliphatic rings. The van der Waals surface area contributed by atoms with Gasteiger partial charge in [-0.15, -0.1) is 0 Å². The van der Waals surface area contributed by atoms with Crippen molar-refractivity contribution in [3.63, 3.8) is 0 Å². The summed E-state index contributed by atoms with van der Waals surface area (Å²) in [5.41, 5.74) is 0. The average Bonchev–Trinajstić information content (AvgIpc) is 2.48. The molecule has 5 heteroatoms. The van der Waals surface area contributed by atoms with Crippen molar-refractivity contribution in [3.05, 3.63) is 0 Å². The predicted molar refractivity (Wildman–Crippen MR) is 84.2 cm³/mol. The zero-order valence-electron chi connectivity index (χ0n) is 13.6. The molecule has 21 heavy (non-hydrogen) atoms. The van der Waals surface area contributed by atoms with Crippen molar-refractivity contribution in [1.82, 2.24) is 10.6 Å². The van der Waals surface area contributed by atoms with Crippen molar-refractivity contribution in [1.29, 1.82) is 0 Å². The first kappa shape index (κ1) is 18.4. The molecule has 5 nitrogen and oxygen atoms in total. The van der Waals surface area contributed by atoms with Gasteiger partial charge in [0.1, 0.15) is 0 Å². The molecular weight excluding hydrogens is 268 g/mol. The van der Waals surface area contributed by atoms with Gasteiger partial charge >= 0.3 is 0 Å². The smallest absolute Gasteiger partial charge is 0.221 e. The fraction of sp³-hybridized carbons (Fsp3) is 0.938. The number of hydrogen-bond donors (Lipinski definition) is 3.